The van der Waals surface area contributed by atoms with E-state index in [0.717, 1.165) is 11.4 Å². The van der Waals surface area contributed by atoms with Crippen molar-refractivity contribution < 1.29 is 0 Å². The number of benzene rings is 8. The average Bonchev–Trinajstić information content (AvgIpc) is 3.04. The molecular formula is C40H27N. The maximum absolute atomic E-state index is 2.39. The van der Waals surface area contributed by atoms with Crippen molar-refractivity contribution in [3.63, 3.8) is 0 Å². The van der Waals surface area contributed by atoms with E-state index in [1.165, 1.54) is 59.9 Å². The first-order chi connectivity index (χ1) is 20.3. The molecule has 0 aromatic heterocycles. The molecule has 0 N–H and O–H groups in total. The molecule has 0 aliphatic heterocycles. The molecule has 0 saturated carbocycles. The monoisotopic (exact) mass is 521 g/mol. The van der Waals surface area contributed by atoms with Crippen molar-refractivity contribution in [1.29, 1.82) is 0 Å². The second kappa shape index (κ2) is 9.66. The van der Waals surface area contributed by atoms with Crippen molar-refractivity contribution in [2.24, 2.45) is 0 Å². The summed E-state index contributed by atoms with van der Waals surface area (Å²) in [5, 5.41) is 9.96. The fourth-order valence-electron chi connectivity index (χ4n) is 6.07. The van der Waals surface area contributed by atoms with Gasteiger partial charge in [-0.25, -0.2) is 0 Å². The van der Waals surface area contributed by atoms with Crippen LogP contribution in [0.15, 0.2) is 164 Å². The van der Waals surface area contributed by atoms with Crippen LogP contribution in [0.4, 0.5) is 17.1 Å². The first kappa shape index (κ1) is 23.5. The molecule has 1 heteroatoms. The molecule has 8 aromatic carbocycles. The fraction of sp³-hybridized carbons (Fsp3) is 0. The lowest BCUT2D eigenvalue weighted by atomic mass is 9.98. The summed E-state index contributed by atoms with van der Waals surface area (Å²) in [6.45, 7) is 0. The molecule has 0 saturated heterocycles. The quantitative estimate of drug-likeness (QED) is 0.208. The van der Waals surface area contributed by atoms with E-state index in [1.807, 2.05) is 0 Å². The molecule has 0 heterocycles. The van der Waals surface area contributed by atoms with Gasteiger partial charge < -0.3 is 4.90 Å². The third-order valence-electron chi connectivity index (χ3n) is 8.14. The van der Waals surface area contributed by atoms with E-state index in [2.05, 4.69) is 169 Å². The van der Waals surface area contributed by atoms with Crippen LogP contribution in [0.5, 0.6) is 0 Å². The molecule has 0 aliphatic rings. The third-order valence-corrected chi connectivity index (χ3v) is 8.14. The Bertz CT molecular complexity index is 2210. The summed E-state index contributed by atoms with van der Waals surface area (Å²) in [5.41, 5.74) is 5.91. The van der Waals surface area contributed by atoms with Crippen molar-refractivity contribution >= 4 is 60.2 Å². The van der Waals surface area contributed by atoms with Gasteiger partial charge in [-0.05, 0) is 103 Å². The Hall–Kier alpha value is -5.40. The molecule has 1 nitrogen and oxygen atoms in total. The molecule has 0 fully saturated rings. The Morgan fingerprint density at radius 2 is 0.854 bits per heavy atom. The Morgan fingerprint density at radius 1 is 0.293 bits per heavy atom. The zero-order valence-electron chi connectivity index (χ0n) is 22.5. The minimum absolute atomic E-state index is 1.14. The first-order valence-corrected chi connectivity index (χ1v) is 14.1. The van der Waals surface area contributed by atoms with E-state index in [0.29, 0.717) is 0 Å². The molecule has 192 valence electrons. The van der Waals surface area contributed by atoms with Crippen LogP contribution in [0, 0.1) is 0 Å². The van der Waals surface area contributed by atoms with Crippen LogP contribution in [0.25, 0.3) is 54.2 Å². The summed E-state index contributed by atoms with van der Waals surface area (Å²) >= 11 is 0. The van der Waals surface area contributed by atoms with Crippen molar-refractivity contribution in [1.82, 2.24) is 0 Å². The summed E-state index contributed by atoms with van der Waals surface area (Å²) in [6, 6.07) is 59.4. The van der Waals surface area contributed by atoms with E-state index in [4.69, 9.17) is 0 Å². The van der Waals surface area contributed by atoms with Crippen LogP contribution in [0.2, 0.25) is 0 Å². The largest absolute Gasteiger partial charge is 0.310 e. The summed E-state index contributed by atoms with van der Waals surface area (Å²) in [7, 11) is 0. The summed E-state index contributed by atoms with van der Waals surface area (Å²) in [4.78, 5) is 2.39. The van der Waals surface area contributed by atoms with E-state index in [-0.39, 0.29) is 0 Å². The highest BCUT2D eigenvalue weighted by atomic mass is 15.1. The van der Waals surface area contributed by atoms with Crippen molar-refractivity contribution in [2.45, 2.75) is 0 Å². The van der Waals surface area contributed by atoms with Gasteiger partial charge in [0.15, 0.2) is 0 Å². The highest BCUT2D eigenvalue weighted by Gasteiger charge is 2.16. The van der Waals surface area contributed by atoms with Gasteiger partial charge in [0.05, 0.1) is 5.69 Å². The van der Waals surface area contributed by atoms with Crippen molar-refractivity contribution in [2.75, 3.05) is 4.90 Å². The lowest BCUT2D eigenvalue weighted by molar-refractivity contribution is 1.30. The topological polar surface area (TPSA) is 3.24 Å². The van der Waals surface area contributed by atoms with Crippen molar-refractivity contribution in [3.05, 3.63) is 164 Å². The van der Waals surface area contributed by atoms with Gasteiger partial charge in [0.25, 0.3) is 0 Å². The van der Waals surface area contributed by atoms with E-state index >= 15 is 0 Å². The number of hydrogen-bond acceptors (Lipinski definition) is 1. The van der Waals surface area contributed by atoms with E-state index in [1.54, 1.807) is 0 Å². The summed E-state index contributed by atoms with van der Waals surface area (Å²) in [6.07, 6.45) is 0. The van der Waals surface area contributed by atoms with Crippen LogP contribution < -0.4 is 4.90 Å². The van der Waals surface area contributed by atoms with Gasteiger partial charge in [0.2, 0.25) is 0 Å². The number of anilines is 3. The molecule has 0 spiro atoms. The van der Waals surface area contributed by atoms with Crippen LogP contribution in [-0.2, 0) is 0 Å². The normalized spacial score (nSPS) is 11.4. The van der Waals surface area contributed by atoms with Crippen LogP contribution >= 0.6 is 0 Å². The van der Waals surface area contributed by atoms with Crippen LogP contribution in [0.1, 0.15) is 0 Å². The molecule has 0 unspecified atom stereocenters. The number of nitrogens with zero attached hydrogens (tertiary/aromatic N) is 1. The van der Waals surface area contributed by atoms with Gasteiger partial charge in [-0.15, -0.1) is 0 Å². The average molecular weight is 522 g/mol. The van der Waals surface area contributed by atoms with Gasteiger partial charge in [-0.1, -0.05) is 109 Å². The lowest BCUT2D eigenvalue weighted by Gasteiger charge is -2.27. The predicted octanol–water partition coefficient (Wildman–Crippen LogP) is 11.4. The molecule has 0 amide bonds. The molecule has 41 heavy (non-hydrogen) atoms. The molecule has 0 bridgehead atoms. The van der Waals surface area contributed by atoms with Crippen LogP contribution in [-0.4, -0.2) is 0 Å². The molecular weight excluding hydrogens is 494 g/mol. The zero-order chi connectivity index (χ0) is 27.2. The zero-order valence-corrected chi connectivity index (χ0v) is 22.5. The number of hydrogen-bond donors (Lipinski definition) is 0. The molecule has 0 radical (unpaired) electrons. The third kappa shape index (κ3) is 4.20. The maximum Gasteiger partial charge on any atom is 0.0540 e. The molecule has 0 aliphatic carbocycles. The Morgan fingerprint density at radius 3 is 1.61 bits per heavy atom. The van der Waals surface area contributed by atoms with Gasteiger partial charge in [-0.3, -0.25) is 0 Å². The van der Waals surface area contributed by atoms with Gasteiger partial charge in [0, 0.05) is 16.8 Å². The Labute approximate surface area is 239 Å². The predicted molar refractivity (Wildman–Crippen MR) is 177 cm³/mol. The second-order valence-corrected chi connectivity index (χ2v) is 10.7. The van der Waals surface area contributed by atoms with Crippen molar-refractivity contribution in [3.8, 4) is 11.1 Å². The van der Waals surface area contributed by atoms with Gasteiger partial charge >= 0.3 is 0 Å². The Balaban J connectivity index is 1.31. The smallest absolute Gasteiger partial charge is 0.0540 e. The van der Waals surface area contributed by atoms with E-state index in [9.17, 15) is 0 Å². The highest BCUT2D eigenvalue weighted by molar-refractivity contribution is 6.06. The summed E-state index contributed by atoms with van der Waals surface area (Å²) < 4.78 is 0. The van der Waals surface area contributed by atoms with Gasteiger partial charge in [0.1, 0.15) is 0 Å². The van der Waals surface area contributed by atoms with Crippen LogP contribution in [0.3, 0.4) is 0 Å². The summed E-state index contributed by atoms with van der Waals surface area (Å²) in [5.74, 6) is 0. The minimum Gasteiger partial charge on any atom is -0.310 e. The number of fused-ring (bicyclic) bond motifs is 4. The first-order valence-electron chi connectivity index (χ1n) is 14.1. The van der Waals surface area contributed by atoms with E-state index < -0.39 is 0 Å². The second-order valence-electron chi connectivity index (χ2n) is 10.7. The fourth-order valence-corrected chi connectivity index (χ4v) is 6.07. The standard InChI is InChI=1S/C40H27N/c1-2-14-37(15-3-1)41(40-16-8-13-35-24-31-11-6-7-12-32(31)27-39(35)40)38-22-21-29-18-20-34(25-36(29)26-38)33-19-17-28-9-4-5-10-30(28)23-33/h1-27H. The maximum atomic E-state index is 2.39. The highest BCUT2D eigenvalue weighted by Crippen LogP contribution is 2.41. The lowest BCUT2D eigenvalue weighted by Crippen LogP contribution is -2.10. The SMILES string of the molecule is c1ccc(N(c2ccc3ccc(-c4ccc5ccccc5c4)cc3c2)c2cccc3cc4ccccc4cc23)cc1. The Kier molecular flexibility index (Phi) is 5.53. The molecule has 8 rings (SSSR count). The minimum atomic E-state index is 1.14. The van der Waals surface area contributed by atoms with Gasteiger partial charge in [-0.2, -0.15) is 0 Å². The molecule has 0 atom stereocenters. The number of para-hydroxylation sites is 1. The molecule has 8 aromatic rings. The number of rotatable bonds is 4.